The molecule has 0 aliphatic rings. The first-order valence-corrected chi connectivity index (χ1v) is 22.2. The molecule has 1 rings (SSSR count). The van der Waals surface area contributed by atoms with E-state index >= 15 is 0 Å². The van der Waals surface area contributed by atoms with Crippen molar-refractivity contribution in [2.45, 2.75) is 105 Å². The number of Topliss-reactive ketones (excluding diaryl/α,β-unsaturated/α-hetero) is 1. The number of carbonyl (C=O) groups excluding carboxylic acids is 6. The zero-order valence-electron chi connectivity index (χ0n) is 35.6. The molecule has 16 heteroatoms. The molecule has 14 nitrogen and oxygen atoms in total. The van der Waals surface area contributed by atoms with Crippen LogP contribution in [0, 0.1) is 24.7 Å². The lowest BCUT2D eigenvalue weighted by Crippen LogP contribution is -2.51. The zero-order chi connectivity index (χ0) is 43.8. The maximum atomic E-state index is 13.5. The van der Waals surface area contributed by atoms with Gasteiger partial charge in [0.05, 0.1) is 43.1 Å². The number of aromatic nitrogens is 1. The molecule has 0 radical (unpaired) electrons. The number of unbranched alkanes of at least 4 members (excludes halogenated alkanes) is 3. The number of terminal acetylenes is 2. The number of rotatable bonds is 32. The van der Waals surface area contributed by atoms with E-state index in [2.05, 4.69) is 45.1 Å². The van der Waals surface area contributed by atoms with Crippen molar-refractivity contribution in [3.05, 3.63) is 27.2 Å². The number of thiol groups is 1. The van der Waals surface area contributed by atoms with E-state index in [1.807, 2.05) is 33.1 Å². The van der Waals surface area contributed by atoms with Gasteiger partial charge in [-0.25, -0.2) is 4.98 Å². The average Bonchev–Trinajstić information content (AvgIpc) is 3.69. The van der Waals surface area contributed by atoms with Gasteiger partial charge in [-0.2, -0.15) is 0 Å². The van der Waals surface area contributed by atoms with E-state index in [-0.39, 0.29) is 69.2 Å². The van der Waals surface area contributed by atoms with Crippen LogP contribution in [0.3, 0.4) is 0 Å². The normalized spacial score (nSPS) is 11.1. The Labute approximate surface area is 361 Å². The van der Waals surface area contributed by atoms with Crippen LogP contribution >= 0.6 is 24.0 Å². The summed E-state index contributed by atoms with van der Waals surface area (Å²) < 4.78 is 0. The molecule has 0 atom stereocenters. The summed E-state index contributed by atoms with van der Waals surface area (Å²) in [6.07, 6.45) is 19.8. The number of aryl methyl sites for hydroxylation is 1. The molecule has 1 heterocycles. The van der Waals surface area contributed by atoms with Crippen LogP contribution in [-0.2, 0) is 35.2 Å². The number of carbonyl (C=O) groups is 6. The summed E-state index contributed by atoms with van der Waals surface area (Å²) in [4.78, 5) is 92.7. The number of hydrogen-bond acceptors (Lipinski definition) is 11. The van der Waals surface area contributed by atoms with Gasteiger partial charge in [0.1, 0.15) is 12.2 Å². The largest absolute Gasteiger partial charge is 0.355 e. The number of thiazole rings is 1. The third kappa shape index (κ3) is 22.4. The van der Waals surface area contributed by atoms with Gasteiger partial charge in [0.25, 0.3) is 0 Å². The third-order valence-corrected chi connectivity index (χ3v) is 10.2. The van der Waals surface area contributed by atoms with Crippen LogP contribution in [0.4, 0.5) is 0 Å². The molecule has 0 saturated carbocycles. The third-order valence-electron chi connectivity index (χ3n) is 8.92. The molecule has 0 unspecified atom stereocenters. The highest BCUT2D eigenvalue weighted by atomic mass is 32.1. The molecule has 5 amide bonds. The van der Waals surface area contributed by atoms with Crippen molar-refractivity contribution in [3.8, 4) is 24.7 Å². The molecule has 0 saturated heterocycles. The fourth-order valence-electron chi connectivity index (χ4n) is 5.80. The maximum Gasteiger partial charge on any atom is 0.243 e. The summed E-state index contributed by atoms with van der Waals surface area (Å²) in [7, 11) is 0. The predicted molar refractivity (Wildman–Crippen MR) is 239 cm³/mol. The van der Waals surface area contributed by atoms with Crippen molar-refractivity contribution in [2.24, 2.45) is 4.99 Å². The second-order valence-electron chi connectivity index (χ2n) is 13.9. The fourth-order valence-corrected chi connectivity index (χ4v) is 6.70. The molecule has 326 valence electrons. The van der Waals surface area contributed by atoms with E-state index in [0.717, 1.165) is 49.5 Å². The van der Waals surface area contributed by atoms with E-state index in [4.69, 9.17) is 12.8 Å². The number of amides is 5. The summed E-state index contributed by atoms with van der Waals surface area (Å²) in [6.45, 7) is 9.61. The van der Waals surface area contributed by atoms with E-state index in [0.29, 0.717) is 70.3 Å². The standard InChI is InChI=1S/C43H66N8O6S2/c1-7-13-14-20-40(54)49(25-9-3)30-42(56)51(27-11-5)32-43(57)50(26-10-4)31-41(55)48(24-8-2)29-38(53)45-23-18-17-22-44-21-16-15-19-37(52)36(33-58)46-28-35-34-59-39(12-6)47-35/h1-2,28,33-34,44,58H,9-27,29-32H2,3-6H3,(H,45,53)/b36-33-,46-28+. The van der Waals surface area contributed by atoms with Crippen molar-refractivity contribution in [1.29, 1.82) is 0 Å². The van der Waals surface area contributed by atoms with Gasteiger partial charge < -0.3 is 30.2 Å². The van der Waals surface area contributed by atoms with E-state index in [9.17, 15) is 28.8 Å². The predicted octanol–water partition coefficient (Wildman–Crippen LogP) is 4.10. The highest BCUT2D eigenvalue weighted by Gasteiger charge is 2.26. The minimum atomic E-state index is -0.474. The first-order valence-electron chi connectivity index (χ1n) is 20.8. The Morgan fingerprint density at radius 2 is 1.31 bits per heavy atom. The molecule has 0 fully saturated rings. The van der Waals surface area contributed by atoms with Crippen LogP contribution in [0.25, 0.3) is 0 Å². The number of aliphatic imine (C=N–C) groups is 1. The van der Waals surface area contributed by atoms with Gasteiger partial charge in [-0.1, -0.05) is 33.6 Å². The molecule has 0 aromatic carbocycles. The topological polar surface area (TPSA) is 165 Å². The number of hydrogen-bond donors (Lipinski definition) is 3. The lowest BCUT2D eigenvalue weighted by molar-refractivity contribution is -0.146. The van der Waals surface area contributed by atoms with Gasteiger partial charge in [-0.3, -0.25) is 33.8 Å². The summed E-state index contributed by atoms with van der Waals surface area (Å²) in [5.74, 6) is 3.14. The van der Waals surface area contributed by atoms with Gasteiger partial charge in [0.2, 0.25) is 29.5 Å². The highest BCUT2D eigenvalue weighted by molar-refractivity contribution is 7.83. The molecule has 1 aromatic heterocycles. The zero-order valence-corrected chi connectivity index (χ0v) is 37.3. The first-order chi connectivity index (χ1) is 28.5. The van der Waals surface area contributed by atoms with Crippen LogP contribution in [0.15, 0.2) is 21.5 Å². The minimum Gasteiger partial charge on any atom is -0.355 e. The summed E-state index contributed by atoms with van der Waals surface area (Å²) in [5.41, 5.74) is 1.04. The van der Waals surface area contributed by atoms with Crippen molar-refractivity contribution >= 4 is 65.5 Å². The van der Waals surface area contributed by atoms with E-state index in [1.165, 1.54) is 25.0 Å². The second kappa shape index (κ2) is 32.4. The Morgan fingerprint density at radius 3 is 1.83 bits per heavy atom. The van der Waals surface area contributed by atoms with Gasteiger partial charge in [0.15, 0.2) is 5.78 Å². The van der Waals surface area contributed by atoms with Crippen LogP contribution in [0.2, 0.25) is 0 Å². The Morgan fingerprint density at radius 1 is 0.746 bits per heavy atom. The minimum absolute atomic E-state index is 0.0661. The molecular formula is C43H66N8O6S2. The Balaban J connectivity index is 2.52. The van der Waals surface area contributed by atoms with Crippen LogP contribution in [0.1, 0.15) is 109 Å². The van der Waals surface area contributed by atoms with Crippen LogP contribution in [0.5, 0.6) is 0 Å². The summed E-state index contributed by atoms with van der Waals surface area (Å²) in [5, 5.41) is 10.5. The number of allylic oxidation sites excluding steroid dienone is 1. The van der Waals surface area contributed by atoms with Crippen LogP contribution in [-0.4, -0.2) is 138 Å². The van der Waals surface area contributed by atoms with E-state index in [1.54, 1.807) is 17.6 Å². The molecule has 0 aliphatic heterocycles. The van der Waals surface area contributed by atoms with Gasteiger partial charge in [-0.05, 0) is 76.3 Å². The molecule has 1 aromatic rings. The maximum absolute atomic E-state index is 13.5. The summed E-state index contributed by atoms with van der Waals surface area (Å²) in [6, 6.07) is 0. The van der Waals surface area contributed by atoms with Crippen molar-refractivity contribution in [2.75, 3.05) is 72.0 Å². The lowest BCUT2D eigenvalue weighted by atomic mass is 10.1. The SMILES string of the molecule is C#CCCCC(=O)N(CCC)CC(=O)N(CCC)CC(=O)N(CCC)CC(=O)N(CC#C)CC(=O)NCCCCNCCCCC(=O)C(=C/S)/N=C/c1csc(CC)n1. The molecule has 0 aliphatic carbocycles. The quantitative estimate of drug-likeness (QED) is 0.0321. The van der Waals surface area contributed by atoms with Gasteiger partial charge >= 0.3 is 0 Å². The Kier molecular flexibility index (Phi) is 28.8. The Hall–Kier alpha value is -4.51. The number of nitrogens with one attached hydrogen (secondary N) is 2. The van der Waals surface area contributed by atoms with Gasteiger partial charge in [0, 0.05) is 50.8 Å². The monoisotopic (exact) mass is 854 g/mol. The number of nitrogens with zero attached hydrogens (tertiary/aromatic N) is 6. The molecule has 0 bridgehead atoms. The average molecular weight is 855 g/mol. The van der Waals surface area contributed by atoms with E-state index < -0.39 is 11.8 Å². The highest BCUT2D eigenvalue weighted by Crippen LogP contribution is 2.12. The number of ketones is 1. The first kappa shape index (κ1) is 52.5. The van der Waals surface area contributed by atoms with Crippen molar-refractivity contribution < 1.29 is 28.8 Å². The molecule has 2 N–H and O–H groups in total. The summed E-state index contributed by atoms with van der Waals surface area (Å²) >= 11 is 5.71. The molecular weight excluding hydrogens is 789 g/mol. The van der Waals surface area contributed by atoms with Crippen molar-refractivity contribution in [1.82, 2.24) is 35.2 Å². The van der Waals surface area contributed by atoms with Gasteiger partial charge in [-0.15, -0.1) is 42.7 Å². The van der Waals surface area contributed by atoms with Crippen LogP contribution < -0.4 is 10.6 Å². The Bertz CT molecular complexity index is 1610. The van der Waals surface area contributed by atoms with Crippen molar-refractivity contribution in [3.63, 3.8) is 0 Å². The molecule has 59 heavy (non-hydrogen) atoms. The second-order valence-corrected chi connectivity index (χ2v) is 15.1. The lowest BCUT2D eigenvalue weighted by Gasteiger charge is -2.30. The molecule has 0 spiro atoms. The fraction of sp³-hybridized carbons (Fsp3) is 0.628. The smallest absolute Gasteiger partial charge is 0.243 e.